The lowest BCUT2D eigenvalue weighted by atomic mass is 10.3. The van der Waals surface area contributed by atoms with E-state index in [9.17, 15) is 9.59 Å². The summed E-state index contributed by atoms with van der Waals surface area (Å²) in [6, 6.07) is 2.86. The minimum absolute atomic E-state index is 0.330. The van der Waals surface area contributed by atoms with Crippen LogP contribution in [0.2, 0.25) is 0 Å². The summed E-state index contributed by atoms with van der Waals surface area (Å²) in [6.45, 7) is 1.44. The van der Waals surface area contributed by atoms with Crippen molar-refractivity contribution in [3.63, 3.8) is 0 Å². The van der Waals surface area contributed by atoms with Gasteiger partial charge in [0.25, 0.3) is 5.91 Å². The van der Waals surface area contributed by atoms with Gasteiger partial charge in [-0.3, -0.25) is 9.59 Å². The monoisotopic (exact) mass is 255 g/mol. The third-order valence-electron chi connectivity index (χ3n) is 2.08. The Hall–Kier alpha value is -1.40. The minimum Gasteiger partial charge on any atom is -0.480 e. The maximum absolute atomic E-state index is 11.7. The Bertz CT molecular complexity index is 514. The van der Waals surface area contributed by atoms with E-state index in [-0.39, 0.29) is 5.91 Å². The molecule has 6 heteroatoms. The van der Waals surface area contributed by atoms with Gasteiger partial charge < -0.3 is 10.4 Å². The summed E-state index contributed by atoms with van der Waals surface area (Å²) in [6.07, 6.45) is 0. The molecule has 0 radical (unpaired) electrons. The van der Waals surface area contributed by atoms with Crippen molar-refractivity contribution in [2.75, 3.05) is 0 Å². The van der Waals surface area contributed by atoms with E-state index in [0.29, 0.717) is 4.88 Å². The number of carbonyl (C=O) groups excluding carboxylic acids is 1. The number of hydrogen-bond donors (Lipinski definition) is 2. The van der Waals surface area contributed by atoms with Crippen molar-refractivity contribution < 1.29 is 14.7 Å². The third kappa shape index (κ3) is 2.07. The van der Waals surface area contributed by atoms with Crippen LogP contribution in [-0.4, -0.2) is 23.0 Å². The van der Waals surface area contributed by atoms with Crippen LogP contribution in [0.25, 0.3) is 9.40 Å². The standard InChI is InChI=1S/C10H9NO3S2/c1-5(10(13)14)11-9(12)8-4-7-6(16-8)2-3-15-7/h2-5H,1H3,(H,11,12)(H,13,14)/t5-/m1/s1. The first kappa shape index (κ1) is 11.1. The van der Waals surface area contributed by atoms with Gasteiger partial charge in [-0.2, -0.15) is 0 Å². The summed E-state index contributed by atoms with van der Waals surface area (Å²) in [5.41, 5.74) is 0. The number of fused-ring (bicyclic) bond motifs is 1. The van der Waals surface area contributed by atoms with Crippen LogP contribution in [0.15, 0.2) is 17.5 Å². The molecule has 2 rings (SSSR count). The highest BCUT2D eigenvalue weighted by Crippen LogP contribution is 2.29. The van der Waals surface area contributed by atoms with Gasteiger partial charge in [-0.1, -0.05) is 0 Å². The predicted molar refractivity (Wildman–Crippen MR) is 64.3 cm³/mol. The lowest BCUT2D eigenvalue weighted by Gasteiger charge is -2.07. The van der Waals surface area contributed by atoms with Gasteiger partial charge in [0.05, 0.1) is 4.88 Å². The maximum Gasteiger partial charge on any atom is 0.325 e. The van der Waals surface area contributed by atoms with Gasteiger partial charge in [0, 0.05) is 9.40 Å². The number of hydrogen-bond acceptors (Lipinski definition) is 4. The molecule has 1 amide bonds. The van der Waals surface area contributed by atoms with Crippen LogP contribution in [-0.2, 0) is 4.79 Å². The van der Waals surface area contributed by atoms with Crippen molar-refractivity contribution >= 4 is 43.9 Å². The van der Waals surface area contributed by atoms with E-state index in [1.165, 1.54) is 18.3 Å². The number of rotatable bonds is 3. The average molecular weight is 255 g/mol. The smallest absolute Gasteiger partial charge is 0.325 e. The number of carboxylic acid groups (broad SMARTS) is 1. The van der Waals surface area contributed by atoms with E-state index in [1.54, 1.807) is 17.4 Å². The SMILES string of the molecule is C[C@@H](NC(=O)c1cc2sccc2s1)C(=O)O. The van der Waals surface area contributed by atoms with Crippen LogP contribution in [0.4, 0.5) is 0 Å². The van der Waals surface area contributed by atoms with E-state index in [4.69, 9.17) is 5.11 Å². The molecule has 2 aromatic rings. The van der Waals surface area contributed by atoms with E-state index in [2.05, 4.69) is 5.32 Å². The van der Waals surface area contributed by atoms with Crippen LogP contribution in [0.1, 0.15) is 16.6 Å². The van der Waals surface area contributed by atoms with Crippen molar-refractivity contribution in [3.05, 3.63) is 22.4 Å². The summed E-state index contributed by atoms with van der Waals surface area (Å²) in [5.74, 6) is -1.37. The molecule has 2 aromatic heterocycles. The van der Waals surface area contributed by atoms with E-state index < -0.39 is 12.0 Å². The van der Waals surface area contributed by atoms with Crippen molar-refractivity contribution in [1.82, 2.24) is 5.32 Å². The molecule has 0 saturated carbocycles. The molecule has 0 fully saturated rings. The summed E-state index contributed by atoms with van der Waals surface area (Å²) in [7, 11) is 0. The Morgan fingerprint density at radius 3 is 2.81 bits per heavy atom. The number of thiophene rings is 2. The molecule has 16 heavy (non-hydrogen) atoms. The van der Waals surface area contributed by atoms with Crippen LogP contribution in [0.3, 0.4) is 0 Å². The molecule has 0 aliphatic heterocycles. The van der Waals surface area contributed by atoms with Crippen LogP contribution in [0.5, 0.6) is 0 Å². The predicted octanol–water partition coefficient (Wildman–Crippen LogP) is 2.17. The Morgan fingerprint density at radius 2 is 2.19 bits per heavy atom. The highest BCUT2D eigenvalue weighted by atomic mass is 32.1. The normalized spacial score (nSPS) is 12.6. The molecule has 0 aliphatic carbocycles. The van der Waals surface area contributed by atoms with Crippen molar-refractivity contribution in [2.45, 2.75) is 13.0 Å². The fraction of sp³-hybridized carbons (Fsp3) is 0.200. The summed E-state index contributed by atoms with van der Waals surface area (Å²) >= 11 is 2.94. The van der Waals surface area contributed by atoms with Crippen molar-refractivity contribution in [3.8, 4) is 0 Å². The van der Waals surface area contributed by atoms with Crippen LogP contribution >= 0.6 is 22.7 Å². The number of amides is 1. The third-order valence-corrected chi connectivity index (χ3v) is 4.17. The van der Waals surface area contributed by atoms with Gasteiger partial charge in [0.1, 0.15) is 6.04 Å². The molecular formula is C10H9NO3S2. The minimum atomic E-state index is -1.04. The fourth-order valence-corrected chi connectivity index (χ4v) is 3.22. The fourth-order valence-electron chi connectivity index (χ4n) is 1.21. The summed E-state index contributed by atoms with van der Waals surface area (Å²) in [4.78, 5) is 22.8. The molecule has 0 aromatic carbocycles. The molecule has 0 aliphatic rings. The molecule has 4 nitrogen and oxygen atoms in total. The summed E-state index contributed by atoms with van der Waals surface area (Å²) < 4.78 is 2.11. The number of aliphatic carboxylic acids is 1. The Labute approximate surface area is 99.5 Å². The van der Waals surface area contributed by atoms with Gasteiger partial charge in [-0.25, -0.2) is 0 Å². The Balaban J connectivity index is 2.16. The van der Waals surface area contributed by atoms with Gasteiger partial charge in [0.15, 0.2) is 0 Å². The van der Waals surface area contributed by atoms with Gasteiger partial charge in [-0.05, 0) is 24.4 Å². The average Bonchev–Trinajstić information content (AvgIpc) is 2.75. The zero-order valence-corrected chi connectivity index (χ0v) is 10.0. The molecule has 1 atom stereocenters. The number of carboxylic acids is 1. The lowest BCUT2D eigenvalue weighted by molar-refractivity contribution is -0.138. The maximum atomic E-state index is 11.7. The number of carbonyl (C=O) groups is 2. The van der Waals surface area contributed by atoms with Crippen molar-refractivity contribution in [1.29, 1.82) is 0 Å². The lowest BCUT2D eigenvalue weighted by Crippen LogP contribution is -2.37. The summed E-state index contributed by atoms with van der Waals surface area (Å²) in [5, 5.41) is 13.1. The second kappa shape index (κ2) is 4.23. The second-order valence-corrected chi connectivity index (χ2v) is 5.32. The Morgan fingerprint density at radius 1 is 1.44 bits per heavy atom. The van der Waals surface area contributed by atoms with Crippen LogP contribution in [0, 0.1) is 0 Å². The molecule has 0 bridgehead atoms. The highest BCUT2D eigenvalue weighted by molar-refractivity contribution is 7.27. The Kier molecular flexibility index (Phi) is 2.93. The van der Waals surface area contributed by atoms with E-state index >= 15 is 0 Å². The molecule has 84 valence electrons. The first-order chi connectivity index (χ1) is 7.58. The quantitative estimate of drug-likeness (QED) is 0.883. The number of nitrogens with one attached hydrogen (secondary N) is 1. The first-order valence-corrected chi connectivity index (χ1v) is 6.28. The molecule has 2 N–H and O–H groups in total. The molecule has 0 saturated heterocycles. The highest BCUT2D eigenvalue weighted by Gasteiger charge is 2.17. The van der Waals surface area contributed by atoms with Gasteiger partial charge in [-0.15, -0.1) is 22.7 Å². The first-order valence-electron chi connectivity index (χ1n) is 4.58. The zero-order valence-electron chi connectivity index (χ0n) is 8.39. The van der Waals surface area contributed by atoms with Gasteiger partial charge in [0.2, 0.25) is 0 Å². The van der Waals surface area contributed by atoms with E-state index in [0.717, 1.165) is 9.40 Å². The van der Waals surface area contributed by atoms with E-state index in [1.807, 2.05) is 11.4 Å². The molecule has 0 unspecified atom stereocenters. The van der Waals surface area contributed by atoms with Gasteiger partial charge >= 0.3 is 5.97 Å². The molecule has 0 spiro atoms. The van der Waals surface area contributed by atoms with Crippen molar-refractivity contribution in [2.24, 2.45) is 0 Å². The zero-order chi connectivity index (χ0) is 11.7. The topological polar surface area (TPSA) is 66.4 Å². The second-order valence-electron chi connectivity index (χ2n) is 3.29. The molecule has 2 heterocycles. The largest absolute Gasteiger partial charge is 0.480 e. The van der Waals surface area contributed by atoms with Crippen LogP contribution < -0.4 is 5.32 Å². The molecular weight excluding hydrogens is 246 g/mol.